The van der Waals surface area contributed by atoms with Crippen molar-refractivity contribution in [1.29, 1.82) is 5.26 Å². The molecule has 1 aliphatic heterocycles. The molecule has 0 aromatic rings. The number of hydrogen-bond donors (Lipinski definition) is 0. The summed E-state index contributed by atoms with van der Waals surface area (Å²) in [5.41, 5.74) is 0. The predicted octanol–water partition coefficient (Wildman–Crippen LogP) is 3.62. The van der Waals surface area contributed by atoms with Gasteiger partial charge in [0.2, 0.25) is 0 Å². The van der Waals surface area contributed by atoms with Gasteiger partial charge in [-0.15, -0.1) is 0 Å². The zero-order valence-electron chi connectivity index (χ0n) is 10.5. The lowest BCUT2D eigenvalue weighted by Crippen LogP contribution is -2.58. The van der Waals surface area contributed by atoms with Crippen LogP contribution in [0.1, 0.15) is 33.6 Å². The molecule has 1 heterocycles. The molecule has 0 bridgehead atoms. The number of allylic oxidation sites excluding steroid dienone is 1. The van der Waals surface area contributed by atoms with Gasteiger partial charge in [-0.05, 0) is 5.04 Å². The topological polar surface area (TPSA) is 33.0 Å². The Bertz CT molecular complexity index is 321. The van der Waals surface area contributed by atoms with Crippen LogP contribution in [0.3, 0.4) is 0 Å². The summed E-state index contributed by atoms with van der Waals surface area (Å²) >= 11 is 0. The highest BCUT2D eigenvalue weighted by Gasteiger charge is 2.57. The quantitative estimate of drug-likeness (QED) is 0.636. The molecule has 0 N–H and O–H groups in total. The van der Waals surface area contributed by atoms with Crippen LogP contribution < -0.4 is 0 Å². The molecule has 1 aliphatic rings. The summed E-state index contributed by atoms with van der Waals surface area (Å²) in [6, 6.07) is 2.43. The van der Waals surface area contributed by atoms with E-state index in [1.807, 2.05) is 0 Å². The zero-order valence-corrected chi connectivity index (χ0v) is 11.5. The Hall–Kier alpha value is -0.753. The largest absolute Gasteiger partial charge is 0.482 e. The first kappa shape index (κ1) is 12.3. The standard InChI is InChI=1S/C12H21NOSi/c1-10-7-8-12(9-13,14-10)15(5,6)11(2,3)4/h1,7-8H2,2-6H3. The molecule has 0 radical (unpaired) electrons. The highest BCUT2D eigenvalue weighted by atomic mass is 28.3. The van der Waals surface area contributed by atoms with Crippen LogP contribution in [0, 0.1) is 11.3 Å². The summed E-state index contributed by atoms with van der Waals surface area (Å²) in [5, 5.41) is 9.04. The van der Waals surface area contributed by atoms with Gasteiger partial charge in [-0.3, -0.25) is 0 Å². The van der Waals surface area contributed by atoms with Crippen LogP contribution in [0.2, 0.25) is 18.1 Å². The molecule has 1 fully saturated rings. The third-order valence-corrected chi connectivity index (χ3v) is 10.4. The van der Waals surface area contributed by atoms with Crippen molar-refractivity contribution in [2.75, 3.05) is 0 Å². The van der Waals surface area contributed by atoms with Gasteiger partial charge in [0.25, 0.3) is 0 Å². The Morgan fingerprint density at radius 3 is 2.27 bits per heavy atom. The van der Waals surface area contributed by atoms with Crippen molar-refractivity contribution in [2.45, 2.75) is 57.0 Å². The van der Waals surface area contributed by atoms with E-state index in [0.29, 0.717) is 0 Å². The van der Waals surface area contributed by atoms with E-state index in [4.69, 9.17) is 4.74 Å². The minimum absolute atomic E-state index is 0.160. The summed E-state index contributed by atoms with van der Waals surface area (Å²) < 4.78 is 5.80. The first-order chi connectivity index (χ1) is 6.66. The molecule has 0 saturated carbocycles. The second-order valence-corrected chi connectivity index (χ2v) is 11.5. The van der Waals surface area contributed by atoms with E-state index in [2.05, 4.69) is 46.5 Å². The normalized spacial score (nSPS) is 27.3. The average Bonchev–Trinajstić information content (AvgIpc) is 2.46. The number of ether oxygens (including phenoxy) is 1. The molecule has 1 atom stereocenters. The average molecular weight is 223 g/mol. The summed E-state index contributed by atoms with van der Waals surface area (Å²) in [6.45, 7) is 15.0. The van der Waals surface area contributed by atoms with Gasteiger partial charge in [0.1, 0.15) is 14.1 Å². The Morgan fingerprint density at radius 2 is 2.00 bits per heavy atom. The molecule has 84 valence electrons. The lowest BCUT2D eigenvalue weighted by molar-refractivity contribution is 0.155. The zero-order chi connectivity index (χ0) is 11.9. The van der Waals surface area contributed by atoms with Crippen molar-refractivity contribution in [2.24, 2.45) is 0 Å². The van der Waals surface area contributed by atoms with Gasteiger partial charge in [-0.2, -0.15) is 5.26 Å². The maximum absolute atomic E-state index is 9.45. The minimum atomic E-state index is -1.81. The minimum Gasteiger partial charge on any atom is -0.482 e. The van der Waals surface area contributed by atoms with E-state index in [1.165, 1.54) is 0 Å². The third kappa shape index (κ3) is 1.72. The summed E-state index contributed by atoms with van der Waals surface area (Å²) in [6.07, 6.45) is 1.65. The lowest BCUT2D eigenvalue weighted by Gasteiger charge is -2.45. The molecule has 1 unspecified atom stereocenters. The summed E-state index contributed by atoms with van der Waals surface area (Å²) in [5.74, 6) is 0.779. The Morgan fingerprint density at radius 1 is 1.47 bits per heavy atom. The van der Waals surface area contributed by atoms with Gasteiger partial charge < -0.3 is 4.74 Å². The number of nitrogens with zero attached hydrogens (tertiary/aromatic N) is 1. The van der Waals surface area contributed by atoms with Crippen LogP contribution in [-0.2, 0) is 4.74 Å². The monoisotopic (exact) mass is 223 g/mol. The third-order valence-electron chi connectivity index (χ3n) is 4.14. The molecule has 0 aliphatic carbocycles. The molecule has 0 amide bonds. The maximum Gasteiger partial charge on any atom is 0.178 e. The van der Waals surface area contributed by atoms with E-state index in [9.17, 15) is 5.26 Å². The molecular formula is C12H21NOSi. The Labute approximate surface area is 93.9 Å². The SMILES string of the molecule is C=C1CCC(C#N)([Si](C)(C)C(C)(C)C)O1. The fraction of sp³-hybridized carbons (Fsp3) is 0.750. The second kappa shape index (κ2) is 3.38. The molecular weight excluding hydrogens is 202 g/mol. The fourth-order valence-corrected chi connectivity index (χ4v) is 4.57. The molecule has 3 heteroatoms. The molecule has 0 aromatic carbocycles. The molecule has 2 nitrogen and oxygen atoms in total. The molecule has 0 spiro atoms. The van der Waals surface area contributed by atoms with Crippen molar-refractivity contribution in [3.8, 4) is 6.07 Å². The van der Waals surface area contributed by atoms with E-state index in [-0.39, 0.29) is 5.04 Å². The van der Waals surface area contributed by atoms with Crippen LogP contribution in [-0.4, -0.2) is 13.3 Å². The second-order valence-electron chi connectivity index (χ2n) is 5.95. The van der Waals surface area contributed by atoms with Gasteiger partial charge >= 0.3 is 0 Å². The lowest BCUT2D eigenvalue weighted by atomic mass is 10.2. The maximum atomic E-state index is 9.45. The van der Waals surface area contributed by atoms with Gasteiger partial charge in [-0.25, -0.2) is 0 Å². The first-order valence-corrected chi connectivity index (χ1v) is 8.44. The first-order valence-electron chi connectivity index (χ1n) is 5.44. The van der Waals surface area contributed by atoms with Crippen molar-refractivity contribution in [3.05, 3.63) is 12.3 Å². The fourth-order valence-electron chi connectivity index (χ4n) is 1.93. The number of rotatable bonds is 1. The van der Waals surface area contributed by atoms with Gasteiger partial charge in [0.15, 0.2) is 5.22 Å². The summed E-state index contributed by atoms with van der Waals surface area (Å²) in [7, 11) is -1.81. The van der Waals surface area contributed by atoms with E-state index >= 15 is 0 Å². The van der Waals surface area contributed by atoms with Crippen molar-refractivity contribution >= 4 is 8.07 Å². The smallest absolute Gasteiger partial charge is 0.178 e. The van der Waals surface area contributed by atoms with Crippen molar-refractivity contribution < 1.29 is 4.74 Å². The van der Waals surface area contributed by atoms with Crippen molar-refractivity contribution in [3.63, 3.8) is 0 Å². The molecule has 1 rings (SSSR count). The number of hydrogen-bond acceptors (Lipinski definition) is 2. The molecule has 1 saturated heterocycles. The number of nitriles is 1. The van der Waals surface area contributed by atoms with Crippen molar-refractivity contribution in [1.82, 2.24) is 0 Å². The summed E-state index contributed by atoms with van der Waals surface area (Å²) in [4.78, 5) is 0. The van der Waals surface area contributed by atoms with Gasteiger partial charge in [0.05, 0.1) is 5.76 Å². The van der Waals surface area contributed by atoms with Crippen LogP contribution in [0.5, 0.6) is 0 Å². The molecule has 0 aromatic heterocycles. The Kier molecular flexibility index (Phi) is 2.78. The predicted molar refractivity (Wildman–Crippen MR) is 65.0 cm³/mol. The van der Waals surface area contributed by atoms with Gasteiger partial charge in [-0.1, -0.05) is 40.4 Å². The Balaban J connectivity index is 3.14. The highest BCUT2D eigenvalue weighted by Crippen LogP contribution is 2.49. The van der Waals surface area contributed by atoms with E-state index in [0.717, 1.165) is 18.6 Å². The van der Waals surface area contributed by atoms with E-state index < -0.39 is 13.3 Å². The van der Waals surface area contributed by atoms with Crippen LogP contribution in [0.25, 0.3) is 0 Å². The highest BCUT2D eigenvalue weighted by molar-refractivity contribution is 6.83. The van der Waals surface area contributed by atoms with Crippen LogP contribution in [0.4, 0.5) is 0 Å². The van der Waals surface area contributed by atoms with Crippen LogP contribution >= 0.6 is 0 Å². The van der Waals surface area contributed by atoms with E-state index in [1.54, 1.807) is 0 Å². The molecule has 15 heavy (non-hydrogen) atoms. The van der Waals surface area contributed by atoms with Gasteiger partial charge in [0, 0.05) is 12.8 Å². The van der Waals surface area contributed by atoms with Crippen LogP contribution in [0.15, 0.2) is 12.3 Å².